The average molecular weight is 456 g/mol. The van der Waals surface area contributed by atoms with Gasteiger partial charge in [0.05, 0.1) is 17.9 Å². The van der Waals surface area contributed by atoms with Gasteiger partial charge in [-0.3, -0.25) is 14.7 Å². The zero-order valence-electron chi connectivity index (χ0n) is 16.7. The maximum atomic E-state index is 12.5. The molecular weight excluding hydrogens is 438 g/mol. The molecule has 31 heavy (non-hydrogen) atoms. The molecule has 0 fully saturated rings. The number of aromatic amines is 1. The molecule has 2 aromatic heterocycles. The molecule has 4 rings (SSSR count). The van der Waals surface area contributed by atoms with E-state index in [4.69, 9.17) is 16.3 Å². The van der Waals surface area contributed by atoms with Crippen LogP contribution in [0, 0.1) is 6.92 Å². The molecule has 158 valence electrons. The van der Waals surface area contributed by atoms with Crippen molar-refractivity contribution in [3.05, 3.63) is 69.5 Å². The minimum atomic E-state index is -0.296. The third kappa shape index (κ3) is 4.57. The zero-order chi connectivity index (χ0) is 22.0. The summed E-state index contributed by atoms with van der Waals surface area (Å²) < 4.78 is 6.59. The predicted molar refractivity (Wildman–Crippen MR) is 121 cm³/mol. The minimum absolute atomic E-state index is 0.0726. The number of ether oxygens (including phenoxy) is 1. The number of thioether (sulfide) groups is 1. The number of nitrogens with one attached hydrogen (secondary N) is 2. The molecule has 0 saturated carbocycles. The third-order valence-corrected chi connectivity index (χ3v) is 5.71. The number of anilines is 1. The molecule has 0 aliphatic heterocycles. The van der Waals surface area contributed by atoms with Crippen LogP contribution < -0.4 is 15.6 Å². The van der Waals surface area contributed by atoms with Gasteiger partial charge in [-0.1, -0.05) is 47.6 Å². The molecule has 10 heteroatoms. The highest BCUT2D eigenvalue weighted by Crippen LogP contribution is 2.28. The Morgan fingerprint density at radius 2 is 2.03 bits per heavy atom. The van der Waals surface area contributed by atoms with Crippen molar-refractivity contribution in [3.63, 3.8) is 0 Å². The van der Waals surface area contributed by atoms with Crippen molar-refractivity contribution >= 4 is 40.6 Å². The van der Waals surface area contributed by atoms with Gasteiger partial charge in [-0.15, -0.1) is 0 Å². The Morgan fingerprint density at radius 3 is 2.77 bits per heavy atom. The summed E-state index contributed by atoms with van der Waals surface area (Å²) in [6, 6.07) is 14.1. The van der Waals surface area contributed by atoms with Gasteiger partial charge in [-0.2, -0.15) is 0 Å². The first-order valence-electron chi connectivity index (χ1n) is 9.26. The topological polar surface area (TPSA) is 101 Å². The van der Waals surface area contributed by atoms with E-state index in [1.54, 1.807) is 18.2 Å². The summed E-state index contributed by atoms with van der Waals surface area (Å²) in [7, 11) is 1.52. The number of nitrogens with zero attached hydrogens (tertiary/aromatic N) is 3. The molecule has 0 atom stereocenters. The normalized spacial score (nSPS) is 10.9. The first-order valence-corrected chi connectivity index (χ1v) is 10.6. The molecule has 0 unspecified atom stereocenters. The van der Waals surface area contributed by atoms with Crippen LogP contribution in [0.1, 0.15) is 5.56 Å². The molecule has 0 spiro atoms. The third-order valence-electron chi connectivity index (χ3n) is 4.48. The van der Waals surface area contributed by atoms with Gasteiger partial charge >= 0.3 is 0 Å². The SMILES string of the molecule is COc1ccc(NC(=O)CSc2nc(-c3ccccc3C)nc3cc(=O)[nH]n23)cc1Cl. The van der Waals surface area contributed by atoms with Crippen LogP contribution in [-0.2, 0) is 4.79 Å². The molecule has 8 nitrogen and oxygen atoms in total. The van der Waals surface area contributed by atoms with Crippen molar-refractivity contribution in [2.24, 2.45) is 0 Å². The predicted octanol–water partition coefficient (Wildman–Crippen LogP) is 3.79. The van der Waals surface area contributed by atoms with Crippen LogP contribution in [-0.4, -0.2) is 38.4 Å². The van der Waals surface area contributed by atoms with E-state index in [0.717, 1.165) is 11.1 Å². The monoisotopic (exact) mass is 455 g/mol. The van der Waals surface area contributed by atoms with Crippen LogP contribution in [0.25, 0.3) is 17.0 Å². The van der Waals surface area contributed by atoms with Crippen LogP contribution in [0.5, 0.6) is 5.75 Å². The first-order chi connectivity index (χ1) is 14.9. The lowest BCUT2D eigenvalue weighted by Crippen LogP contribution is -2.15. The van der Waals surface area contributed by atoms with Crippen molar-refractivity contribution in [3.8, 4) is 17.1 Å². The van der Waals surface area contributed by atoms with Gasteiger partial charge < -0.3 is 10.1 Å². The molecule has 0 aliphatic rings. The quantitative estimate of drug-likeness (QED) is 0.429. The first kappa shape index (κ1) is 21.0. The second-order valence-corrected chi connectivity index (χ2v) is 7.99. The summed E-state index contributed by atoms with van der Waals surface area (Å²) in [4.78, 5) is 33.4. The maximum absolute atomic E-state index is 12.5. The number of hydrogen-bond donors (Lipinski definition) is 2. The number of fused-ring (bicyclic) bond motifs is 1. The Labute approximate surface area is 186 Å². The summed E-state index contributed by atoms with van der Waals surface area (Å²) in [5.74, 6) is 0.841. The van der Waals surface area contributed by atoms with Crippen molar-refractivity contribution < 1.29 is 9.53 Å². The van der Waals surface area contributed by atoms with Gasteiger partial charge in [0.1, 0.15) is 5.75 Å². The van der Waals surface area contributed by atoms with Gasteiger partial charge in [0.25, 0.3) is 5.56 Å². The molecule has 0 radical (unpaired) electrons. The number of H-pyrrole nitrogens is 1. The van der Waals surface area contributed by atoms with E-state index in [9.17, 15) is 9.59 Å². The summed E-state index contributed by atoms with van der Waals surface area (Å²) in [5, 5.41) is 6.31. The Kier molecular flexibility index (Phi) is 5.97. The number of amides is 1. The number of aromatic nitrogens is 4. The van der Waals surface area contributed by atoms with E-state index < -0.39 is 0 Å². The lowest BCUT2D eigenvalue weighted by atomic mass is 10.1. The Morgan fingerprint density at radius 1 is 1.23 bits per heavy atom. The average Bonchev–Trinajstić information content (AvgIpc) is 3.12. The molecule has 2 heterocycles. The van der Waals surface area contributed by atoms with E-state index in [0.29, 0.717) is 33.1 Å². The highest BCUT2D eigenvalue weighted by Gasteiger charge is 2.14. The Balaban J connectivity index is 1.57. The zero-order valence-corrected chi connectivity index (χ0v) is 18.3. The summed E-state index contributed by atoms with van der Waals surface area (Å²) >= 11 is 7.30. The summed E-state index contributed by atoms with van der Waals surface area (Å²) in [6.07, 6.45) is 0. The standard InChI is InChI=1S/C21H18ClN5O3S/c1-12-5-3-4-6-14(12)20-24-17-10-18(28)26-27(17)21(25-20)31-11-19(29)23-13-7-8-16(30-2)15(22)9-13/h3-10H,11H2,1-2H3,(H,23,29)(H,26,28). The van der Waals surface area contributed by atoms with Crippen molar-refractivity contribution in [2.45, 2.75) is 12.1 Å². The second kappa shape index (κ2) is 8.83. The number of rotatable bonds is 6. The smallest absolute Gasteiger partial charge is 0.266 e. The van der Waals surface area contributed by atoms with Crippen molar-refractivity contribution in [1.82, 2.24) is 19.6 Å². The van der Waals surface area contributed by atoms with E-state index in [1.165, 1.54) is 29.5 Å². The van der Waals surface area contributed by atoms with Crippen LogP contribution in [0.2, 0.25) is 5.02 Å². The number of carbonyl (C=O) groups is 1. The van der Waals surface area contributed by atoms with Crippen LogP contribution >= 0.6 is 23.4 Å². The molecule has 1 amide bonds. The molecule has 0 bridgehead atoms. The van der Waals surface area contributed by atoms with Crippen LogP contribution in [0.3, 0.4) is 0 Å². The highest BCUT2D eigenvalue weighted by molar-refractivity contribution is 7.99. The number of aryl methyl sites for hydroxylation is 1. The largest absolute Gasteiger partial charge is 0.495 e. The van der Waals surface area contributed by atoms with E-state index in [2.05, 4.69) is 20.4 Å². The fourth-order valence-electron chi connectivity index (χ4n) is 3.00. The molecule has 0 saturated heterocycles. The fourth-order valence-corrected chi connectivity index (χ4v) is 4.01. The lowest BCUT2D eigenvalue weighted by molar-refractivity contribution is -0.113. The summed E-state index contributed by atoms with van der Waals surface area (Å²) in [6.45, 7) is 1.96. The maximum Gasteiger partial charge on any atom is 0.266 e. The fraction of sp³-hybridized carbons (Fsp3) is 0.143. The van der Waals surface area contributed by atoms with Crippen molar-refractivity contribution in [2.75, 3.05) is 18.2 Å². The van der Waals surface area contributed by atoms with Gasteiger partial charge in [-0.05, 0) is 30.7 Å². The van der Waals surface area contributed by atoms with E-state index in [1.807, 2.05) is 31.2 Å². The Hall–Kier alpha value is -3.30. The summed E-state index contributed by atoms with van der Waals surface area (Å²) in [5.41, 5.74) is 2.56. The number of carbonyl (C=O) groups excluding carboxylic acids is 1. The number of hydrogen-bond acceptors (Lipinski definition) is 6. The molecule has 2 N–H and O–H groups in total. The van der Waals surface area contributed by atoms with Crippen LogP contribution in [0.4, 0.5) is 5.69 Å². The minimum Gasteiger partial charge on any atom is -0.495 e. The van der Waals surface area contributed by atoms with Gasteiger partial charge in [0, 0.05) is 17.3 Å². The molecule has 4 aromatic rings. The number of benzene rings is 2. The van der Waals surface area contributed by atoms with Gasteiger partial charge in [-0.25, -0.2) is 14.5 Å². The second-order valence-electron chi connectivity index (χ2n) is 6.64. The highest BCUT2D eigenvalue weighted by atomic mass is 35.5. The lowest BCUT2D eigenvalue weighted by Gasteiger charge is -2.10. The number of halogens is 1. The Bertz CT molecular complexity index is 1330. The van der Waals surface area contributed by atoms with Crippen LogP contribution in [0.15, 0.2) is 58.5 Å². The molecule has 0 aliphatic carbocycles. The van der Waals surface area contributed by atoms with E-state index >= 15 is 0 Å². The van der Waals surface area contributed by atoms with E-state index in [-0.39, 0.29) is 17.2 Å². The molecular formula is C21H18ClN5O3S. The number of methoxy groups -OCH3 is 1. The van der Waals surface area contributed by atoms with Crippen molar-refractivity contribution in [1.29, 1.82) is 0 Å². The van der Waals surface area contributed by atoms with Gasteiger partial charge in [0.15, 0.2) is 16.6 Å². The molecule has 2 aromatic carbocycles. The van der Waals surface area contributed by atoms with Gasteiger partial charge in [0.2, 0.25) is 5.91 Å².